The molecule has 4 rings (SSSR count). The molecule has 1 atom stereocenters. The molecule has 1 aliphatic heterocycles. The Labute approximate surface area is 152 Å². The summed E-state index contributed by atoms with van der Waals surface area (Å²) in [5, 5.41) is 0. The van der Waals surface area contributed by atoms with Gasteiger partial charge in [0.15, 0.2) is 0 Å². The smallest absolute Gasteiger partial charge is 0.147 e. The van der Waals surface area contributed by atoms with Crippen molar-refractivity contribution in [3.05, 3.63) is 66.7 Å². The molecule has 0 amide bonds. The normalized spacial score (nSPS) is 16.7. The van der Waals surface area contributed by atoms with E-state index in [0.29, 0.717) is 6.61 Å². The van der Waals surface area contributed by atoms with Gasteiger partial charge in [-0.15, -0.1) is 0 Å². The predicted octanol–water partition coefficient (Wildman–Crippen LogP) is 2.66. The second-order valence-corrected chi connectivity index (χ2v) is 6.39. The van der Waals surface area contributed by atoms with Crippen LogP contribution < -0.4 is 15.4 Å². The lowest BCUT2D eigenvalue weighted by Gasteiger charge is -2.16. The van der Waals surface area contributed by atoms with Gasteiger partial charge in [-0.05, 0) is 42.8 Å². The lowest BCUT2D eigenvalue weighted by atomic mass is 10.1. The fraction of sp³-hybridized carbons (Fsp3) is 0.250. The van der Waals surface area contributed by atoms with Crippen molar-refractivity contribution in [1.29, 1.82) is 0 Å². The van der Waals surface area contributed by atoms with Gasteiger partial charge in [-0.2, -0.15) is 0 Å². The van der Waals surface area contributed by atoms with E-state index in [0.717, 1.165) is 48.0 Å². The monoisotopic (exact) mass is 347 g/mol. The van der Waals surface area contributed by atoms with Crippen molar-refractivity contribution in [3.63, 3.8) is 0 Å². The quantitative estimate of drug-likeness (QED) is 0.764. The first kappa shape index (κ1) is 16.5. The molecule has 2 N–H and O–H groups in total. The van der Waals surface area contributed by atoms with Crippen molar-refractivity contribution in [1.82, 2.24) is 15.0 Å². The zero-order chi connectivity index (χ0) is 17.8. The maximum atomic E-state index is 5.95. The first-order valence-corrected chi connectivity index (χ1v) is 8.74. The molecule has 0 saturated carbocycles. The van der Waals surface area contributed by atoms with Gasteiger partial charge in [0.2, 0.25) is 0 Å². The summed E-state index contributed by atoms with van der Waals surface area (Å²) in [6.45, 7) is 2.24. The number of ether oxygens (including phenoxy) is 1. The number of hydrogen-bond acceptors (Lipinski definition) is 6. The van der Waals surface area contributed by atoms with Crippen LogP contribution in [0.1, 0.15) is 12.1 Å². The number of hydrogen-bond donors (Lipinski definition) is 1. The second-order valence-electron chi connectivity index (χ2n) is 6.39. The van der Waals surface area contributed by atoms with Crippen molar-refractivity contribution in [3.8, 4) is 17.0 Å². The molecule has 3 heterocycles. The fourth-order valence-electron chi connectivity index (χ4n) is 2.99. The number of pyridine rings is 1. The summed E-state index contributed by atoms with van der Waals surface area (Å²) < 4.78 is 5.76. The Morgan fingerprint density at radius 3 is 2.58 bits per heavy atom. The Hall–Kier alpha value is -2.99. The van der Waals surface area contributed by atoms with E-state index in [4.69, 9.17) is 10.5 Å². The van der Waals surface area contributed by atoms with Crippen LogP contribution in [-0.4, -0.2) is 34.1 Å². The number of anilines is 1. The van der Waals surface area contributed by atoms with Gasteiger partial charge >= 0.3 is 0 Å². The van der Waals surface area contributed by atoms with Crippen LogP contribution in [0.5, 0.6) is 5.75 Å². The molecule has 0 spiro atoms. The molecule has 2 aromatic heterocycles. The molecular formula is C20H21N5O. The van der Waals surface area contributed by atoms with E-state index in [1.807, 2.05) is 54.9 Å². The van der Waals surface area contributed by atoms with Crippen molar-refractivity contribution in [2.75, 3.05) is 18.0 Å². The van der Waals surface area contributed by atoms with Crippen molar-refractivity contribution in [2.24, 2.45) is 5.73 Å². The SMILES string of the molecule is NC1CCN(c2cnc(-c3ccc(OCc4ccccn4)cc3)cn2)C1. The van der Waals surface area contributed by atoms with Crippen LogP contribution in [0.2, 0.25) is 0 Å². The van der Waals surface area contributed by atoms with Gasteiger partial charge in [0.1, 0.15) is 18.2 Å². The maximum Gasteiger partial charge on any atom is 0.147 e. The Morgan fingerprint density at radius 1 is 1.04 bits per heavy atom. The number of benzene rings is 1. The van der Waals surface area contributed by atoms with E-state index in [-0.39, 0.29) is 6.04 Å². The average Bonchev–Trinajstić information content (AvgIpc) is 3.14. The maximum absolute atomic E-state index is 5.95. The third-order valence-corrected chi connectivity index (χ3v) is 4.45. The molecule has 0 radical (unpaired) electrons. The minimum Gasteiger partial charge on any atom is -0.487 e. The van der Waals surface area contributed by atoms with Crippen LogP contribution in [0, 0.1) is 0 Å². The van der Waals surface area contributed by atoms with Crippen LogP contribution in [0.25, 0.3) is 11.3 Å². The summed E-state index contributed by atoms with van der Waals surface area (Å²) in [5.74, 6) is 1.69. The van der Waals surface area contributed by atoms with Crippen molar-refractivity contribution < 1.29 is 4.74 Å². The number of nitrogens with zero attached hydrogens (tertiary/aromatic N) is 4. The van der Waals surface area contributed by atoms with Gasteiger partial charge in [0.25, 0.3) is 0 Å². The highest BCUT2D eigenvalue weighted by atomic mass is 16.5. The minimum absolute atomic E-state index is 0.232. The van der Waals surface area contributed by atoms with Gasteiger partial charge in [-0.1, -0.05) is 6.07 Å². The molecule has 0 bridgehead atoms. The third-order valence-electron chi connectivity index (χ3n) is 4.45. The van der Waals surface area contributed by atoms with E-state index in [9.17, 15) is 0 Å². The highest BCUT2D eigenvalue weighted by molar-refractivity contribution is 5.60. The van der Waals surface area contributed by atoms with Crippen molar-refractivity contribution >= 4 is 5.82 Å². The summed E-state index contributed by atoms with van der Waals surface area (Å²) in [4.78, 5) is 15.5. The third kappa shape index (κ3) is 3.81. The molecule has 26 heavy (non-hydrogen) atoms. The highest BCUT2D eigenvalue weighted by Gasteiger charge is 2.20. The molecule has 1 saturated heterocycles. The standard InChI is InChI=1S/C20H21N5O/c21-16-8-10-25(13-16)20-12-23-19(11-24-20)15-4-6-18(7-5-15)26-14-17-3-1-2-9-22-17/h1-7,9,11-12,16H,8,10,13-14,21H2. The zero-order valence-electron chi connectivity index (χ0n) is 14.5. The Kier molecular flexibility index (Phi) is 4.75. The summed E-state index contributed by atoms with van der Waals surface area (Å²) in [6, 6.07) is 13.9. The van der Waals surface area contributed by atoms with Gasteiger partial charge in [0.05, 0.1) is 23.8 Å². The summed E-state index contributed by atoms with van der Waals surface area (Å²) in [5.41, 5.74) is 8.70. The van der Waals surface area contributed by atoms with Gasteiger partial charge in [-0.3, -0.25) is 9.97 Å². The zero-order valence-corrected chi connectivity index (χ0v) is 14.5. The molecular weight excluding hydrogens is 326 g/mol. The van der Waals surface area contributed by atoms with E-state index >= 15 is 0 Å². The van der Waals surface area contributed by atoms with Gasteiger partial charge in [-0.25, -0.2) is 4.98 Å². The Bertz CT molecular complexity index is 836. The van der Waals surface area contributed by atoms with E-state index in [1.165, 1.54) is 0 Å². The molecule has 1 aromatic carbocycles. The summed E-state index contributed by atoms with van der Waals surface area (Å²) in [6.07, 6.45) is 6.39. The van der Waals surface area contributed by atoms with Gasteiger partial charge < -0.3 is 15.4 Å². The molecule has 3 aromatic rings. The molecule has 6 heteroatoms. The number of nitrogens with two attached hydrogens (primary N) is 1. The average molecular weight is 347 g/mol. The van der Waals surface area contributed by atoms with E-state index in [2.05, 4.69) is 19.9 Å². The molecule has 0 aliphatic carbocycles. The minimum atomic E-state index is 0.232. The molecule has 1 aliphatic rings. The molecule has 132 valence electrons. The van der Waals surface area contributed by atoms with Crippen LogP contribution in [0.3, 0.4) is 0 Å². The van der Waals surface area contributed by atoms with Crippen LogP contribution in [0.15, 0.2) is 61.1 Å². The fourth-order valence-corrected chi connectivity index (χ4v) is 2.99. The largest absolute Gasteiger partial charge is 0.487 e. The second kappa shape index (κ2) is 7.49. The number of aromatic nitrogens is 3. The first-order chi connectivity index (χ1) is 12.8. The topological polar surface area (TPSA) is 77.2 Å². The molecule has 1 unspecified atom stereocenters. The van der Waals surface area contributed by atoms with Crippen LogP contribution in [-0.2, 0) is 6.61 Å². The lowest BCUT2D eigenvalue weighted by molar-refractivity contribution is 0.301. The van der Waals surface area contributed by atoms with E-state index < -0.39 is 0 Å². The highest BCUT2D eigenvalue weighted by Crippen LogP contribution is 2.23. The van der Waals surface area contributed by atoms with Crippen LogP contribution in [0.4, 0.5) is 5.82 Å². The predicted molar refractivity (Wildman–Crippen MR) is 101 cm³/mol. The van der Waals surface area contributed by atoms with E-state index in [1.54, 1.807) is 6.20 Å². The van der Waals surface area contributed by atoms with Crippen LogP contribution >= 0.6 is 0 Å². The number of rotatable bonds is 5. The summed E-state index contributed by atoms with van der Waals surface area (Å²) >= 11 is 0. The van der Waals surface area contributed by atoms with Gasteiger partial charge in [0, 0.05) is 30.9 Å². The lowest BCUT2D eigenvalue weighted by Crippen LogP contribution is -2.26. The molecule has 1 fully saturated rings. The summed E-state index contributed by atoms with van der Waals surface area (Å²) in [7, 11) is 0. The Morgan fingerprint density at radius 2 is 1.92 bits per heavy atom. The Balaban J connectivity index is 1.40. The van der Waals surface area contributed by atoms with Crippen molar-refractivity contribution in [2.45, 2.75) is 19.1 Å². The molecule has 6 nitrogen and oxygen atoms in total. The first-order valence-electron chi connectivity index (χ1n) is 8.74.